The molecule has 2 heterocycles. The summed E-state index contributed by atoms with van der Waals surface area (Å²) in [6.45, 7) is 2.26. The van der Waals surface area contributed by atoms with Crippen LogP contribution in [0.25, 0.3) is 0 Å². The lowest BCUT2D eigenvalue weighted by atomic mass is 9.84. The maximum atomic E-state index is 13.2. The molecule has 5 nitrogen and oxygen atoms in total. The van der Waals surface area contributed by atoms with Crippen LogP contribution in [0.3, 0.4) is 0 Å². The van der Waals surface area contributed by atoms with Crippen molar-refractivity contribution in [1.82, 2.24) is 4.90 Å². The van der Waals surface area contributed by atoms with Crippen molar-refractivity contribution < 1.29 is 19.1 Å². The molecule has 2 bridgehead atoms. The molecule has 152 valence electrons. The van der Waals surface area contributed by atoms with Gasteiger partial charge in [0.1, 0.15) is 12.4 Å². The molecule has 0 spiro atoms. The number of ketones is 1. The van der Waals surface area contributed by atoms with Gasteiger partial charge in [-0.1, -0.05) is 36.4 Å². The second kappa shape index (κ2) is 8.27. The average molecular weight is 393 g/mol. The predicted molar refractivity (Wildman–Crippen MR) is 110 cm³/mol. The van der Waals surface area contributed by atoms with Crippen LogP contribution in [0.4, 0.5) is 4.79 Å². The Kier molecular flexibility index (Phi) is 5.56. The highest BCUT2D eigenvalue weighted by Gasteiger charge is 2.46. The summed E-state index contributed by atoms with van der Waals surface area (Å²) in [5, 5.41) is 0. The second-order valence-electron chi connectivity index (χ2n) is 8.07. The minimum Gasteiger partial charge on any atom is -0.496 e. The summed E-state index contributed by atoms with van der Waals surface area (Å²) in [6, 6.07) is 15.5. The fourth-order valence-electron chi connectivity index (χ4n) is 4.70. The molecule has 0 radical (unpaired) electrons. The number of ether oxygens (including phenoxy) is 2. The molecule has 0 aliphatic carbocycles. The first-order valence-corrected chi connectivity index (χ1v) is 10.2. The zero-order valence-electron chi connectivity index (χ0n) is 17.0. The lowest BCUT2D eigenvalue weighted by molar-refractivity contribution is 0.0484. The van der Waals surface area contributed by atoms with Crippen LogP contribution >= 0.6 is 0 Å². The molecule has 0 N–H and O–H groups in total. The number of Topliss-reactive ketones (excluding diaryl/α,β-unsaturated/α-hetero) is 1. The zero-order valence-corrected chi connectivity index (χ0v) is 17.0. The van der Waals surface area contributed by atoms with Gasteiger partial charge in [-0.2, -0.15) is 0 Å². The van der Waals surface area contributed by atoms with Crippen molar-refractivity contribution >= 4 is 11.9 Å². The Hall–Kier alpha value is -2.82. The number of hydrogen-bond acceptors (Lipinski definition) is 4. The number of rotatable bonds is 5. The molecular formula is C24H27NO4. The van der Waals surface area contributed by atoms with E-state index in [1.807, 2.05) is 60.4 Å². The number of amides is 1. The van der Waals surface area contributed by atoms with Crippen molar-refractivity contribution in [2.75, 3.05) is 7.11 Å². The fraction of sp³-hybridized carbons (Fsp3) is 0.417. The van der Waals surface area contributed by atoms with E-state index < -0.39 is 0 Å². The van der Waals surface area contributed by atoms with Crippen molar-refractivity contribution in [3.05, 3.63) is 65.2 Å². The maximum Gasteiger partial charge on any atom is 0.410 e. The third-order valence-corrected chi connectivity index (χ3v) is 6.14. The minimum absolute atomic E-state index is 0.0717. The molecule has 29 heavy (non-hydrogen) atoms. The van der Waals surface area contributed by atoms with E-state index in [2.05, 4.69) is 0 Å². The number of carbonyl (C=O) groups excluding carboxylic acids is 2. The zero-order chi connectivity index (χ0) is 20.4. The Morgan fingerprint density at radius 1 is 1.03 bits per heavy atom. The number of aryl methyl sites for hydroxylation is 1. The molecule has 2 saturated heterocycles. The Morgan fingerprint density at radius 2 is 1.72 bits per heavy atom. The summed E-state index contributed by atoms with van der Waals surface area (Å²) in [5.41, 5.74) is 2.68. The molecule has 2 unspecified atom stereocenters. The topological polar surface area (TPSA) is 55.8 Å². The van der Waals surface area contributed by atoms with E-state index in [1.165, 1.54) is 0 Å². The maximum absolute atomic E-state index is 13.2. The van der Waals surface area contributed by atoms with Gasteiger partial charge in [0.25, 0.3) is 0 Å². The van der Waals surface area contributed by atoms with Gasteiger partial charge < -0.3 is 14.4 Å². The van der Waals surface area contributed by atoms with E-state index in [0.717, 1.165) is 24.0 Å². The van der Waals surface area contributed by atoms with Gasteiger partial charge in [-0.25, -0.2) is 4.79 Å². The van der Waals surface area contributed by atoms with E-state index in [-0.39, 0.29) is 36.5 Å². The fourth-order valence-corrected chi connectivity index (χ4v) is 4.70. The van der Waals surface area contributed by atoms with E-state index in [0.29, 0.717) is 24.2 Å². The first kappa shape index (κ1) is 19.5. The molecule has 5 heteroatoms. The molecule has 2 aliphatic heterocycles. The monoisotopic (exact) mass is 393 g/mol. The van der Waals surface area contributed by atoms with Gasteiger partial charge in [0.05, 0.1) is 12.7 Å². The Labute approximate surface area is 171 Å². The van der Waals surface area contributed by atoms with Crippen LogP contribution in [0.2, 0.25) is 0 Å². The van der Waals surface area contributed by atoms with Crippen LogP contribution in [-0.4, -0.2) is 36.0 Å². The van der Waals surface area contributed by atoms with Crippen molar-refractivity contribution in [3.63, 3.8) is 0 Å². The number of nitrogens with zero attached hydrogens (tertiary/aromatic N) is 1. The van der Waals surface area contributed by atoms with E-state index >= 15 is 0 Å². The van der Waals surface area contributed by atoms with Crippen LogP contribution in [0.15, 0.2) is 48.5 Å². The normalized spacial score (nSPS) is 23.0. The first-order valence-electron chi connectivity index (χ1n) is 10.2. The highest BCUT2D eigenvalue weighted by molar-refractivity contribution is 6.00. The van der Waals surface area contributed by atoms with Crippen molar-refractivity contribution in [2.45, 2.75) is 51.3 Å². The number of fused-ring (bicyclic) bond motifs is 2. The molecular weight excluding hydrogens is 366 g/mol. The Bertz CT molecular complexity index is 881. The highest BCUT2D eigenvalue weighted by atomic mass is 16.6. The molecule has 2 aromatic rings. The van der Waals surface area contributed by atoms with Crippen LogP contribution in [0, 0.1) is 12.8 Å². The molecule has 2 aliphatic rings. The predicted octanol–water partition coefficient (Wildman–Crippen LogP) is 4.77. The standard InChI is InChI=1S/C24H27NO4/c1-16-8-11-21(22(12-16)28-2)23(26)18-13-19-9-10-20(14-18)25(19)24(27)29-15-17-6-4-3-5-7-17/h3-8,11-12,18-20H,9-10,13-15H2,1-2H3. The van der Waals surface area contributed by atoms with Gasteiger partial charge >= 0.3 is 6.09 Å². The molecule has 0 aromatic heterocycles. The summed E-state index contributed by atoms with van der Waals surface area (Å²) >= 11 is 0. The molecule has 4 rings (SSSR count). The summed E-state index contributed by atoms with van der Waals surface area (Å²) in [4.78, 5) is 27.8. The third kappa shape index (κ3) is 4.00. The molecule has 0 saturated carbocycles. The molecule has 2 fully saturated rings. The van der Waals surface area contributed by atoms with Gasteiger partial charge in [-0.3, -0.25) is 4.79 Å². The van der Waals surface area contributed by atoms with Crippen molar-refractivity contribution in [3.8, 4) is 5.75 Å². The molecule has 1 amide bonds. The number of carbonyl (C=O) groups is 2. The average Bonchev–Trinajstić information content (AvgIpc) is 3.01. The number of hydrogen-bond donors (Lipinski definition) is 0. The first-order chi connectivity index (χ1) is 14.1. The van der Waals surface area contributed by atoms with Crippen molar-refractivity contribution in [2.24, 2.45) is 5.92 Å². The number of benzene rings is 2. The van der Waals surface area contributed by atoms with Crippen molar-refractivity contribution in [1.29, 1.82) is 0 Å². The van der Waals surface area contributed by atoms with E-state index in [1.54, 1.807) is 7.11 Å². The van der Waals surface area contributed by atoms with Gasteiger partial charge in [0.15, 0.2) is 5.78 Å². The van der Waals surface area contributed by atoms with Gasteiger partial charge in [-0.15, -0.1) is 0 Å². The highest BCUT2D eigenvalue weighted by Crippen LogP contribution is 2.41. The number of piperidine rings is 1. The van der Waals surface area contributed by atoms with Gasteiger partial charge in [0.2, 0.25) is 0 Å². The summed E-state index contributed by atoms with van der Waals surface area (Å²) in [7, 11) is 1.60. The quantitative estimate of drug-likeness (QED) is 0.687. The SMILES string of the molecule is COc1cc(C)ccc1C(=O)C1CC2CCC(C1)N2C(=O)OCc1ccccc1. The lowest BCUT2D eigenvalue weighted by Crippen LogP contribution is -2.48. The summed E-state index contributed by atoms with van der Waals surface area (Å²) in [5.74, 6) is 0.672. The van der Waals surface area contributed by atoms with Gasteiger partial charge in [0, 0.05) is 18.0 Å². The van der Waals surface area contributed by atoms with Crippen LogP contribution in [0.1, 0.15) is 47.2 Å². The Morgan fingerprint density at radius 3 is 2.38 bits per heavy atom. The Balaban J connectivity index is 1.42. The minimum atomic E-state index is -0.264. The summed E-state index contributed by atoms with van der Waals surface area (Å²) in [6.07, 6.45) is 2.97. The summed E-state index contributed by atoms with van der Waals surface area (Å²) < 4.78 is 11.0. The van der Waals surface area contributed by atoms with E-state index in [4.69, 9.17) is 9.47 Å². The van der Waals surface area contributed by atoms with Gasteiger partial charge in [-0.05, 0) is 55.9 Å². The van der Waals surface area contributed by atoms with Crippen LogP contribution in [0.5, 0.6) is 5.75 Å². The second-order valence-corrected chi connectivity index (χ2v) is 8.07. The van der Waals surface area contributed by atoms with Crippen LogP contribution in [-0.2, 0) is 11.3 Å². The largest absolute Gasteiger partial charge is 0.496 e. The smallest absolute Gasteiger partial charge is 0.410 e. The molecule has 2 atom stereocenters. The van der Waals surface area contributed by atoms with Crippen LogP contribution < -0.4 is 4.74 Å². The third-order valence-electron chi connectivity index (χ3n) is 6.14. The molecule has 2 aromatic carbocycles. The lowest BCUT2D eigenvalue weighted by Gasteiger charge is -2.37. The van der Waals surface area contributed by atoms with E-state index in [9.17, 15) is 9.59 Å². The number of methoxy groups -OCH3 is 1.